The zero-order valence-corrected chi connectivity index (χ0v) is 67.5. The Kier molecular flexibility index (Phi) is 40.7. The standard InChI is InChI=1S/C28H41N9O4.C27H40N8O5.C22H32N8O3.CH4.2H2/c1-6-14-30-25-22(18-33-28(35-25)34-21-12-10-20(11-13-21)24(29)39)27(41)32-16-8-15-31-26(40)19(2)37(5)23(38)9-7-17-36(3)4;1-7-13-29-22-20(16-32-25(34-22)33-19-11-9-18(10-12-19)21(28)36)24(38)31-15-8-14-30-23(37)17(2)35(6)26(39)40-27(3,4)5;1-4-10-25-19-17(21(33)27-12-5-11-26-20(32)14(2)24-3)13-28-22(30-19)29-16-8-6-15(7-9-16)18(23)31;;;/h7,9-13,18-19H,6,8,14-17H2,1-5H3,(H2,29,39)(H,31,40)(H,32,41)(H2,30,33,34,35);9-12,16-17H,7-8,13-15H2,1-6H3,(H2,28,36)(H,30,37)(H,31,38)(H2,29,32,33,34);6-9,13-14,24H,4-5,10-12H2,1-3H3,(H2,23,31)(H,26,32)(H,27,33)(H2,25,28,29,30);1H4;2*1H/b9-7+;;;;;/t19-;17-;14-;;;/m000.../s1/i;;;;2*1+1D. The zero-order valence-electron chi connectivity index (χ0n) is 71.5. The van der Waals surface area contributed by atoms with Gasteiger partial charge in [0.2, 0.25) is 59.2 Å². The molecule has 11 amide bonds. The smallest absolute Gasteiger partial charge is 0.410 e. The lowest BCUT2D eigenvalue weighted by molar-refractivity contribution is -0.135. The summed E-state index contributed by atoms with van der Waals surface area (Å²) in [5.41, 5.74) is 19.2. The van der Waals surface area contributed by atoms with Gasteiger partial charge in [0.15, 0.2) is 0 Å². The van der Waals surface area contributed by atoms with Crippen LogP contribution in [0.1, 0.15) is 176 Å². The number of likely N-dealkylation sites (N-methyl/N-ethyl adjacent to an activating group) is 4. The van der Waals surface area contributed by atoms with Crippen molar-refractivity contribution in [2.24, 2.45) is 17.2 Å². The van der Waals surface area contributed by atoms with Crippen LogP contribution in [0.5, 0.6) is 0 Å². The molecule has 630 valence electrons. The second-order valence-electron chi connectivity index (χ2n) is 27.1. The van der Waals surface area contributed by atoms with E-state index in [9.17, 15) is 52.7 Å². The maximum atomic E-state index is 12.9. The van der Waals surface area contributed by atoms with Crippen LogP contribution in [0.15, 0.2) is 104 Å². The third kappa shape index (κ3) is 34.9. The number of rotatable bonds is 42. The van der Waals surface area contributed by atoms with Crippen molar-refractivity contribution in [3.8, 4) is 0 Å². The van der Waals surface area contributed by atoms with Crippen molar-refractivity contribution in [3.63, 3.8) is 0 Å². The molecule has 0 bridgehead atoms. The van der Waals surface area contributed by atoms with Gasteiger partial charge in [-0.1, -0.05) is 34.3 Å². The summed E-state index contributed by atoms with van der Waals surface area (Å²) in [7, 11) is 8.61. The fourth-order valence-electron chi connectivity index (χ4n) is 9.39. The highest BCUT2D eigenvalue weighted by Crippen LogP contribution is 2.23. The minimum Gasteiger partial charge on any atom is -0.444 e. The molecule has 0 aliphatic rings. The van der Waals surface area contributed by atoms with Gasteiger partial charge in [-0.15, -0.1) is 0 Å². The molecule has 0 radical (unpaired) electrons. The number of nitrogens with one attached hydrogen (secondary N) is 13. The first-order chi connectivity index (χ1) is 56.2. The fraction of sp³-hybridized carbons (Fsp3) is 0.449. The normalized spacial score (nSPS) is 11.6. The molecular formula is C78H121N25O12. The Hall–Kier alpha value is -12.7. The van der Waals surface area contributed by atoms with Crippen molar-refractivity contribution < 1.29 is 63.4 Å². The number of nitrogens with two attached hydrogens (primary N) is 3. The van der Waals surface area contributed by atoms with Gasteiger partial charge in [-0.2, -0.15) is 15.0 Å². The van der Waals surface area contributed by atoms with Crippen LogP contribution < -0.4 is 86.3 Å². The summed E-state index contributed by atoms with van der Waals surface area (Å²) in [5, 5.41) is 38.3. The average Bonchev–Trinajstić information content (AvgIpc) is 0.835. The van der Waals surface area contributed by atoms with Crippen LogP contribution in [0.3, 0.4) is 0 Å². The maximum Gasteiger partial charge on any atom is 0.410 e. The number of benzene rings is 3. The lowest BCUT2D eigenvalue weighted by Gasteiger charge is -2.28. The predicted molar refractivity (Wildman–Crippen MR) is 450 cm³/mol. The van der Waals surface area contributed by atoms with E-state index >= 15 is 0 Å². The number of hydrogen-bond donors (Lipinski definition) is 16. The van der Waals surface area contributed by atoms with Gasteiger partial charge in [0.25, 0.3) is 17.7 Å². The Morgan fingerprint density at radius 3 is 1.06 bits per heavy atom. The molecule has 19 N–H and O–H groups in total. The van der Waals surface area contributed by atoms with Gasteiger partial charge in [-0.3, -0.25) is 52.8 Å². The minimum absolute atomic E-state index is 0. The Morgan fingerprint density at radius 1 is 0.470 bits per heavy atom. The Labute approximate surface area is 678 Å². The quantitative estimate of drug-likeness (QED) is 0.0152. The molecule has 3 heterocycles. The van der Waals surface area contributed by atoms with Crippen molar-refractivity contribution in [3.05, 3.63) is 137 Å². The lowest BCUT2D eigenvalue weighted by atomic mass is 10.2. The van der Waals surface area contributed by atoms with Crippen LogP contribution in [0.2, 0.25) is 0 Å². The monoisotopic (exact) mass is 1600 g/mol. The molecule has 0 saturated heterocycles. The van der Waals surface area contributed by atoms with E-state index in [4.69, 9.17) is 27.9 Å². The van der Waals surface area contributed by atoms with Gasteiger partial charge < -0.3 is 101 Å². The van der Waals surface area contributed by atoms with Gasteiger partial charge >= 0.3 is 6.09 Å². The van der Waals surface area contributed by atoms with E-state index in [1.165, 1.54) is 41.5 Å². The number of primary amides is 3. The van der Waals surface area contributed by atoms with Crippen LogP contribution in [0.4, 0.5) is 57.2 Å². The highest BCUT2D eigenvalue weighted by atomic mass is 16.6. The number of hydrogen-bond acceptors (Lipinski definition) is 26. The first-order valence-electron chi connectivity index (χ1n) is 39.4. The summed E-state index contributed by atoms with van der Waals surface area (Å²) < 4.78 is 25.3. The average molecular weight is 1610 g/mol. The second-order valence-corrected chi connectivity index (χ2v) is 27.1. The first-order valence-corrected chi connectivity index (χ1v) is 37.4. The fourth-order valence-corrected chi connectivity index (χ4v) is 9.39. The zero-order chi connectivity index (χ0) is 88.5. The third-order valence-corrected chi connectivity index (χ3v) is 16.3. The van der Waals surface area contributed by atoms with Gasteiger partial charge in [0.1, 0.15) is 51.8 Å². The van der Waals surface area contributed by atoms with Gasteiger partial charge in [0.05, 0.1) is 6.04 Å². The molecule has 0 aliphatic carbocycles. The largest absolute Gasteiger partial charge is 0.444 e. The summed E-state index contributed by atoms with van der Waals surface area (Å²) in [6.45, 7) is 20.9. The summed E-state index contributed by atoms with van der Waals surface area (Å²) in [6, 6.07) is 18.0. The van der Waals surface area contributed by atoms with Gasteiger partial charge in [-0.05, 0) is 174 Å². The van der Waals surface area contributed by atoms with Crippen molar-refractivity contribution >= 4 is 118 Å². The number of nitrogens with zero attached hydrogens (tertiary/aromatic N) is 9. The predicted octanol–water partition coefficient (Wildman–Crippen LogP) is 6.09. The third-order valence-electron chi connectivity index (χ3n) is 16.3. The lowest BCUT2D eigenvalue weighted by Crippen LogP contribution is -2.47. The van der Waals surface area contributed by atoms with Gasteiger partial charge in [-0.25, -0.2) is 19.7 Å². The highest BCUT2D eigenvalue weighted by Gasteiger charge is 2.28. The molecule has 0 fully saturated rings. The van der Waals surface area contributed by atoms with Crippen molar-refractivity contribution in [2.75, 3.05) is 133 Å². The molecule has 115 heavy (non-hydrogen) atoms. The van der Waals surface area contributed by atoms with Crippen molar-refractivity contribution in [1.82, 2.24) is 81.8 Å². The van der Waals surface area contributed by atoms with E-state index in [0.29, 0.717) is 147 Å². The highest BCUT2D eigenvalue weighted by molar-refractivity contribution is 6.01. The number of carbonyl (C=O) groups is 11. The van der Waals surface area contributed by atoms with E-state index < -0.39 is 41.5 Å². The number of ether oxygens (including phenoxy) is 1. The topological polar surface area (TPSA) is 519 Å². The molecule has 37 heteroatoms. The molecule has 3 atom stereocenters. The Balaban J connectivity index is 0.000000875. The van der Waals surface area contributed by atoms with Crippen LogP contribution in [-0.4, -0.2) is 234 Å². The maximum absolute atomic E-state index is 12.9. The van der Waals surface area contributed by atoms with E-state index in [0.717, 1.165) is 19.3 Å². The number of anilines is 9. The van der Waals surface area contributed by atoms with E-state index in [1.54, 1.807) is 135 Å². The Morgan fingerprint density at radius 2 is 0.774 bits per heavy atom. The van der Waals surface area contributed by atoms with Crippen LogP contribution >= 0.6 is 0 Å². The summed E-state index contributed by atoms with van der Waals surface area (Å²) in [5.74, 6) is -1.48. The SMILES string of the molecule is C.CCCNc1nc(Nc2ccc(C(N)=O)cc2)ncc1C(=O)NCCCNC(=O)[C@H](C)N(C)C(=O)/C=C/CN(C)C.CCCNc1nc(Nc2ccc(C(N)=O)cc2)ncc1C(=O)NCCCNC(=O)[C@H](C)N(C)C(=O)OC(C)(C)C.CCCNc1nc(Nc2ccc(C(N)=O)cc2)ncc1C(=O)NCCCNC(=O)[C@H](C)NC.[2H][2H].[2H][2H]. The second kappa shape index (κ2) is 50.4. The molecule has 0 unspecified atom stereocenters. The molecule has 3 aromatic carbocycles. The Bertz CT molecular complexity index is 4210. The van der Waals surface area contributed by atoms with E-state index in [1.807, 2.05) is 39.8 Å². The van der Waals surface area contributed by atoms with Gasteiger partial charge in [0, 0.05) is 144 Å². The van der Waals surface area contributed by atoms with E-state index in [2.05, 4.69) is 99.0 Å². The summed E-state index contributed by atoms with van der Waals surface area (Å²) in [6.07, 6.45) is 11.0. The molecule has 37 nitrogen and oxygen atoms in total. The molecule has 0 aliphatic heterocycles. The number of amides is 11. The van der Waals surface area contributed by atoms with Crippen molar-refractivity contribution in [2.45, 2.75) is 132 Å². The first kappa shape index (κ1) is 92.9. The minimum atomic E-state index is -0.720. The number of aromatic nitrogens is 6. The van der Waals surface area contributed by atoms with Crippen LogP contribution in [-0.2, 0) is 23.9 Å². The van der Waals surface area contributed by atoms with Crippen LogP contribution in [0, 0.1) is 0 Å². The summed E-state index contributed by atoms with van der Waals surface area (Å²) >= 11 is 0. The van der Waals surface area contributed by atoms with E-state index in [-0.39, 0.29) is 77.8 Å². The van der Waals surface area contributed by atoms with Crippen LogP contribution in [0.25, 0.3) is 0 Å². The summed E-state index contributed by atoms with van der Waals surface area (Å²) in [4.78, 5) is 164. The molecule has 6 aromatic rings. The molecule has 0 spiro atoms. The van der Waals surface area contributed by atoms with Crippen molar-refractivity contribution in [1.29, 1.82) is 0 Å². The molecule has 3 aromatic heterocycles. The number of carbonyl (C=O) groups excluding carboxylic acids is 11. The molecule has 0 saturated carbocycles. The molecule has 6 rings (SSSR count). The molecular weight excluding hydrogens is 1480 g/mol.